The molecule has 5 rings (SSSR count). The molecule has 0 aliphatic carbocycles. The van der Waals surface area contributed by atoms with Gasteiger partial charge in [-0.1, -0.05) is 18.2 Å². The molecule has 32 heavy (non-hydrogen) atoms. The molecule has 2 aromatic heterocycles. The molecule has 160 valence electrons. The summed E-state index contributed by atoms with van der Waals surface area (Å²) in [4.78, 5) is 4.71. The van der Waals surface area contributed by atoms with E-state index in [2.05, 4.69) is 10.2 Å². The van der Waals surface area contributed by atoms with Crippen LogP contribution in [0.3, 0.4) is 0 Å². The molecule has 0 radical (unpaired) electrons. The molecule has 0 aliphatic rings. The number of fused-ring (bicyclic) bond motifs is 1. The maximum Gasteiger partial charge on any atom is 0.227 e. The molecule has 0 bridgehead atoms. The third kappa shape index (κ3) is 3.56. The summed E-state index contributed by atoms with van der Waals surface area (Å²) >= 11 is 0. The molecule has 2 heterocycles. The number of nitrogens with zero attached hydrogens (tertiary/aromatic N) is 4. The molecule has 0 spiro atoms. The highest BCUT2D eigenvalue weighted by Crippen LogP contribution is 2.34. The van der Waals surface area contributed by atoms with Crippen molar-refractivity contribution in [3.05, 3.63) is 77.9 Å². The van der Waals surface area contributed by atoms with E-state index in [0.717, 1.165) is 38.9 Å². The Balaban J connectivity index is 1.61. The fourth-order valence-electron chi connectivity index (χ4n) is 3.95. The predicted molar refractivity (Wildman–Crippen MR) is 120 cm³/mol. The number of oxazole rings is 1. The summed E-state index contributed by atoms with van der Waals surface area (Å²) in [6.45, 7) is 2.52. The number of hydrogen-bond acceptors (Lipinski definition) is 5. The molecule has 0 atom stereocenters. The molecule has 0 amide bonds. The molecule has 0 saturated carbocycles. The smallest absolute Gasteiger partial charge is 0.227 e. The molecule has 6 nitrogen and oxygen atoms in total. The number of hydrogen-bond donors (Lipinski definition) is 0. The molecular formula is C25H21FN4O2. The zero-order valence-corrected chi connectivity index (χ0v) is 18.0. The average molecular weight is 428 g/mol. The second-order valence-electron chi connectivity index (χ2n) is 7.75. The van der Waals surface area contributed by atoms with Crippen LogP contribution in [0.5, 0.6) is 0 Å². The zero-order chi connectivity index (χ0) is 22.2. The van der Waals surface area contributed by atoms with E-state index in [1.165, 1.54) is 12.1 Å². The first kappa shape index (κ1) is 20.1. The third-order valence-corrected chi connectivity index (χ3v) is 5.40. The second-order valence-corrected chi connectivity index (χ2v) is 7.75. The molecule has 0 unspecified atom stereocenters. The first-order valence-corrected chi connectivity index (χ1v) is 10.2. The first-order chi connectivity index (χ1) is 15.5. The van der Waals surface area contributed by atoms with E-state index in [-0.39, 0.29) is 5.82 Å². The maximum atomic E-state index is 14.1. The minimum Gasteiger partial charge on any atom is -0.436 e. The molecule has 0 aliphatic heterocycles. The number of aromatic nitrogens is 4. The number of benzene rings is 3. The van der Waals surface area contributed by atoms with Crippen LogP contribution in [0.1, 0.15) is 11.1 Å². The van der Waals surface area contributed by atoms with Crippen LogP contribution >= 0.6 is 0 Å². The Morgan fingerprint density at radius 3 is 2.66 bits per heavy atom. The molecule has 3 aromatic carbocycles. The van der Waals surface area contributed by atoms with Gasteiger partial charge in [0, 0.05) is 25.3 Å². The topological polar surface area (TPSA) is 66.0 Å². The monoisotopic (exact) mass is 428 g/mol. The average Bonchev–Trinajstić information content (AvgIpc) is 3.40. The fourth-order valence-corrected chi connectivity index (χ4v) is 3.95. The lowest BCUT2D eigenvalue weighted by atomic mass is 9.97. The van der Waals surface area contributed by atoms with Crippen molar-refractivity contribution in [2.45, 2.75) is 13.5 Å². The molecular weight excluding hydrogens is 407 g/mol. The van der Waals surface area contributed by atoms with E-state index in [1.807, 2.05) is 50.4 Å². The molecule has 5 aromatic rings. The van der Waals surface area contributed by atoms with E-state index in [0.29, 0.717) is 23.9 Å². The van der Waals surface area contributed by atoms with Crippen LogP contribution in [-0.2, 0) is 18.4 Å². The van der Waals surface area contributed by atoms with Gasteiger partial charge in [0.25, 0.3) is 0 Å². The SMILES string of the molecule is COCc1cc(C)c2oc(-c3cccc(-c4ccc(F)cc4-c4nncn4C)c3)nc2c1. The lowest BCUT2D eigenvalue weighted by Gasteiger charge is -2.10. The Bertz CT molecular complexity index is 1440. The van der Waals surface area contributed by atoms with Gasteiger partial charge in [0.05, 0.1) is 6.61 Å². The second kappa shape index (κ2) is 8.01. The van der Waals surface area contributed by atoms with Crippen molar-refractivity contribution in [1.82, 2.24) is 19.7 Å². The number of aryl methyl sites for hydroxylation is 2. The summed E-state index contributed by atoms with van der Waals surface area (Å²) in [5, 5.41) is 8.10. The van der Waals surface area contributed by atoms with Gasteiger partial charge in [0.15, 0.2) is 11.4 Å². The minimum absolute atomic E-state index is 0.329. The van der Waals surface area contributed by atoms with Crippen molar-refractivity contribution >= 4 is 11.1 Å². The number of ether oxygens (including phenoxy) is 1. The summed E-state index contributed by atoms with van der Waals surface area (Å²) in [5.74, 6) is 0.791. The third-order valence-electron chi connectivity index (χ3n) is 5.40. The van der Waals surface area contributed by atoms with Gasteiger partial charge in [-0.2, -0.15) is 0 Å². The van der Waals surface area contributed by atoms with Crippen molar-refractivity contribution in [3.8, 4) is 34.0 Å². The number of halogens is 1. The molecule has 0 fully saturated rings. The summed E-state index contributed by atoms with van der Waals surface area (Å²) in [7, 11) is 3.50. The lowest BCUT2D eigenvalue weighted by molar-refractivity contribution is 0.185. The van der Waals surface area contributed by atoms with Gasteiger partial charge in [0.2, 0.25) is 5.89 Å². The van der Waals surface area contributed by atoms with Gasteiger partial charge in [-0.25, -0.2) is 9.37 Å². The van der Waals surface area contributed by atoms with Crippen molar-refractivity contribution in [2.75, 3.05) is 7.11 Å². The zero-order valence-electron chi connectivity index (χ0n) is 18.0. The quantitative estimate of drug-likeness (QED) is 0.367. The first-order valence-electron chi connectivity index (χ1n) is 10.2. The summed E-state index contributed by atoms with van der Waals surface area (Å²) in [5.41, 5.74) is 6.85. The van der Waals surface area contributed by atoms with Gasteiger partial charge in [-0.3, -0.25) is 0 Å². The van der Waals surface area contributed by atoms with Crippen LogP contribution < -0.4 is 0 Å². The highest BCUT2D eigenvalue weighted by Gasteiger charge is 2.16. The van der Waals surface area contributed by atoms with E-state index in [9.17, 15) is 4.39 Å². The highest BCUT2D eigenvalue weighted by molar-refractivity contribution is 5.84. The van der Waals surface area contributed by atoms with Gasteiger partial charge in [0.1, 0.15) is 17.7 Å². The maximum absolute atomic E-state index is 14.1. The Morgan fingerprint density at radius 2 is 1.88 bits per heavy atom. The van der Waals surface area contributed by atoms with Crippen LogP contribution in [0.2, 0.25) is 0 Å². The van der Waals surface area contributed by atoms with Crippen LogP contribution in [0.15, 0.2) is 65.3 Å². The molecule has 0 N–H and O–H groups in total. The predicted octanol–water partition coefficient (Wildman–Crippen LogP) is 5.55. The van der Waals surface area contributed by atoms with Crippen LogP contribution in [0.4, 0.5) is 4.39 Å². The normalized spacial score (nSPS) is 11.4. The van der Waals surface area contributed by atoms with Crippen molar-refractivity contribution in [1.29, 1.82) is 0 Å². The Labute approximate surface area is 184 Å². The summed E-state index contributed by atoms with van der Waals surface area (Å²) < 4.78 is 27.2. The van der Waals surface area contributed by atoms with Crippen molar-refractivity contribution < 1.29 is 13.5 Å². The minimum atomic E-state index is -0.329. The van der Waals surface area contributed by atoms with Gasteiger partial charge in [-0.15, -0.1) is 10.2 Å². The van der Waals surface area contributed by atoms with Gasteiger partial charge >= 0.3 is 0 Å². The van der Waals surface area contributed by atoms with Crippen LogP contribution in [0, 0.1) is 12.7 Å². The largest absolute Gasteiger partial charge is 0.436 e. The fraction of sp³-hybridized carbons (Fsp3) is 0.160. The Kier molecular flexibility index (Phi) is 5.03. The molecule has 0 saturated heterocycles. The number of methoxy groups -OCH3 is 1. The van der Waals surface area contributed by atoms with Gasteiger partial charge < -0.3 is 13.7 Å². The van der Waals surface area contributed by atoms with Crippen molar-refractivity contribution in [3.63, 3.8) is 0 Å². The van der Waals surface area contributed by atoms with Crippen molar-refractivity contribution in [2.24, 2.45) is 7.05 Å². The van der Waals surface area contributed by atoms with Crippen LogP contribution in [-0.4, -0.2) is 26.9 Å². The lowest BCUT2D eigenvalue weighted by Crippen LogP contribution is -1.95. The van der Waals surface area contributed by atoms with E-state index in [1.54, 1.807) is 24.1 Å². The summed E-state index contributed by atoms with van der Waals surface area (Å²) in [6, 6.07) is 16.6. The van der Waals surface area contributed by atoms with Crippen LogP contribution in [0.25, 0.3) is 45.1 Å². The highest BCUT2D eigenvalue weighted by atomic mass is 19.1. The van der Waals surface area contributed by atoms with E-state index >= 15 is 0 Å². The Morgan fingerprint density at radius 1 is 1.03 bits per heavy atom. The van der Waals surface area contributed by atoms with E-state index in [4.69, 9.17) is 14.1 Å². The number of rotatable bonds is 5. The summed E-state index contributed by atoms with van der Waals surface area (Å²) in [6.07, 6.45) is 1.60. The van der Waals surface area contributed by atoms with Gasteiger partial charge in [-0.05, 0) is 65.6 Å². The molecule has 7 heteroatoms. The standard InChI is InChI=1S/C25H21FN4O2/c1-15-9-16(13-31-3)10-22-23(15)32-25(28-22)18-6-4-5-17(11-18)20-8-7-19(26)12-21(20)24-29-27-14-30(24)2/h4-12,14H,13H2,1-3H3. The Hall–Kier alpha value is -3.84. The van der Waals surface area contributed by atoms with E-state index < -0.39 is 0 Å².